The lowest BCUT2D eigenvalue weighted by Crippen LogP contribution is -2.37. The molecule has 0 aromatic heterocycles. The number of likely N-dealkylation sites (N-methyl/N-ethyl adjacent to an activating group) is 1. The van der Waals surface area contributed by atoms with Crippen LogP contribution in [0.25, 0.3) is 0 Å². The number of unbranched alkanes of at least 4 members (excludes halogenated alkanes) is 20. The van der Waals surface area contributed by atoms with Crippen molar-refractivity contribution in [1.82, 2.24) is 0 Å². The van der Waals surface area contributed by atoms with Crippen LogP contribution < -0.4 is 4.89 Å². The Morgan fingerprint density at radius 1 is 0.443 bits per heavy atom. The Balaban J connectivity index is 4.06. The van der Waals surface area contributed by atoms with E-state index in [-0.39, 0.29) is 26.1 Å². The third-order valence-corrected chi connectivity index (χ3v) is 12.6. The lowest BCUT2D eigenvalue weighted by Gasteiger charge is -2.28. The first-order valence-corrected chi connectivity index (χ1v) is 29.4. The van der Waals surface area contributed by atoms with Gasteiger partial charge in [-0.3, -0.25) is 14.2 Å². The van der Waals surface area contributed by atoms with Crippen molar-refractivity contribution in [2.24, 2.45) is 0 Å². The van der Waals surface area contributed by atoms with E-state index in [4.69, 9.17) is 18.5 Å². The molecule has 0 aromatic carbocycles. The van der Waals surface area contributed by atoms with Crippen molar-refractivity contribution in [3.8, 4) is 0 Å². The summed E-state index contributed by atoms with van der Waals surface area (Å²) in [6, 6.07) is 0. The molecule has 0 bridgehead atoms. The molecule has 2 unspecified atom stereocenters. The maximum atomic E-state index is 12.8. The number of rotatable bonds is 50. The summed E-state index contributed by atoms with van der Waals surface area (Å²) in [6.45, 7) is 3.92. The van der Waals surface area contributed by atoms with Crippen LogP contribution in [0.5, 0.6) is 0 Å². The van der Waals surface area contributed by atoms with E-state index in [2.05, 4.69) is 98.9 Å². The Bertz CT molecular complexity index is 1500. The number of carbonyl (C=O) groups excluding carboxylic acids is 2. The van der Waals surface area contributed by atoms with Crippen molar-refractivity contribution < 1.29 is 42.1 Å². The second-order valence-electron chi connectivity index (χ2n) is 19.5. The van der Waals surface area contributed by atoms with E-state index in [9.17, 15) is 19.0 Å². The topological polar surface area (TPSA) is 111 Å². The second-order valence-corrected chi connectivity index (χ2v) is 20.9. The average Bonchev–Trinajstić information content (AvgIpc) is 3.32. The van der Waals surface area contributed by atoms with E-state index in [1.165, 1.54) is 109 Å². The quantitative estimate of drug-likeness (QED) is 0.0195. The summed E-state index contributed by atoms with van der Waals surface area (Å²) in [5, 5.41) is 0. The highest BCUT2D eigenvalue weighted by atomic mass is 31.2. The summed E-state index contributed by atoms with van der Waals surface area (Å²) < 4.78 is 34.0. The van der Waals surface area contributed by atoms with Crippen molar-refractivity contribution in [2.75, 3.05) is 47.5 Å². The number of phosphoric acid groups is 1. The van der Waals surface area contributed by atoms with Gasteiger partial charge in [0, 0.05) is 12.8 Å². The van der Waals surface area contributed by atoms with Gasteiger partial charge in [0.05, 0.1) is 27.7 Å². The summed E-state index contributed by atoms with van der Waals surface area (Å²) >= 11 is 0. The predicted molar refractivity (Wildman–Crippen MR) is 295 cm³/mol. The first kappa shape index (κ1) is 66.9. The second kappa shape index (κ2) is 50.9. The van der Waals surface area contributed by atoms with Crippen molar-refractivity contribution in [3.63, 3.8) is 0 Å². The van der Waals surface area contributed by atoms with Gasteiger partial charge in [-0.25, -0.2) is 0 Å². The summed E-state index contributed by atoms with van der Waals surface area (Å²) in [6.07, 6.45) is 69.2. The summed E-state index contributed by atoms with van der Waals surface area (Å²) in [4.78, 5) is 37.7. The molecule has 0 rings (SSSR count). The van der Waals surface area contributed by atoms with Crippen molar-refractivity contribution in [1.29, 1.82) is 0 Å². The Morgan fingerprint density at radius 3 is 1.20 bits per heavy atom. The van der Waals surface area contributed by atoms with Gasteiger partial charge < -0.3 is 27.9 Å². The minimum Gasteiger partial charge on any atom is -0.756 e. The van der Waals surface area contributed by atoms with Gasteiger partial charge in [0.15, 0.2) is 6.10 Å². The molecule has 0 radical (unpaired) electrons. The minimum atomic E-state index is -4.65. The number of allylic oxidation sites excluding steroid dienone is 16. The molecule has 0 aliphatic heterocycles. The van der Waals surface area contributed by atoms with Crippen molar-refractivity contribution in [2.45, 2.75) is 225 Å². The molecule has 0 aliphatic carbocycles. The molecule has 0 N–H and O–H groups in total. The van der Waals surface area contributed by atoms with E-state index in [1.807, 2.05) is 33.3 Å². The number of phosphoric ester groups is 1. The van der Waals surface area contributed by atoms with Crippen LogP contribution in [0.4, 0.5) is 0 Å². The Kier molecular flexibility index (Phi) is 48.6. The highest BCUT2D eigenvalue weighted by molar-refractivity contribution is 7.45. The molecule has 0 amide bonds. The van der Waals surface area contributed by atoms with E-state index >= 15 is 0 Å². The maximum absolute atomic E-state index is 12.8. The smallest absolute Gasteiger partial charge is 0.306 e. The van der Waals surface area contributed by atoms with Gasteiger partial charge in [-0.2, -0.15) is 0 Å². The van der Waals surface area contributed by atoms with Crippen LogP contribution in [0.3, 0.4) is 0 Å². The van der Waals surface area contributed by atoms with E-state index in [0.717, 1.165) is 70.6 Å². The zero-order chi connectivity index (χ0) is 51.3. The number of nitrogens with zero attached hydrogens (tertiary/aromatic N) is 1. The molecule has 0 spiro atoms. The third kappa shape index (κ3) is 54.3. The lowest BCUT2D eigenvalue weighted by molar-refractivity contribution is -0.870. The van der Waals surface area contributed by atoms with Crippen LogP contribution in [0.1, 0.15) is 219 Å². The SMILES string of the molecule is CC/C=C\C/C=C\C/C=C\C/C=C\CCCCCCCCCCCCCCCCCCCCCCC(=O)OC(COC(=O)CC/C=C\C/C=C\C/C=C\C/C=C\CC)COP(=O)([O-])OCC[N+](C)(C)C. The number of hydrogen-bond donors (Lipinski definition) is 0. The highest BCUT2D eigenvalue weighted by Gasteiger charge is 2.21. The fraction of sp³-hybridized carbons (Fsp3) is 0.700. The van der Waals surface area contributed by atoms with E-state index in [1.54, 1.807) is 0 Å². The van der Waals surface area contributed by atoms with Gasteiger partial charge in [-0.1, -0.05) is 227 Å². The Morgan fingerprint density at radius 2 is 0.800 bits per heavy atom. The minimum absolute atomic E-state index is 0.0441. The Labute approximate surface area is 430 Å². The van der Waals surface area contributed by atoms with Crippen LogP contribution in [0.2, 0.25) is 0 Å². The standard InChI is InChI=1S/C60H104NO8P/c1-6-8-10-12-14-16-18-20-21-22-23-24-25-26-27-28-29-30-31-32-33-34-35-36-37-38-39-41-43-45-47-49-51-53-60(63)69-58(57-68-70(64,65)67-55-54-61(3,4)5)56-66-59(62)52-50-48-46-44-42-40-19-17-15-13-11-9-7-2/h8-11,14-17,20-21,23-24,40,42,46,48,58H,6-7,12-13,18-19,22,25-39,41,43-45,47,49-57H2,1-5H3/b10-8-,11-9-,16-14-,17-15-,21-20-,24-23-,42-40-,48-46-. The maximum Gasteiger partial charge on any atom is 0.306 e. The molecule has 0 saturated carbocycles. The first-order valence-electron chi connectivity index (χ1n) is 27.9. The number of quaternary nitrogens is 1. The van der Waals surface area contributed by atoms with Crippen molar-refractivity contribution >= 4 is 19.8 Å². The van der Waals surface area contributed by atoms with Crippen LogP contribution in [0.15, 0.2) is 97.2 Å². The third-order valence-electron chi connectivity index (χ3n) is 11.6. The van der Waals surface area contributed by atoms with Gasteiger partial charge in [0.25, 0.3) is 7.82 Å². The lowest BCUT2D eigenvalue weighted by atomic mass is 10.0. The normalized spacial score (nSPS) is 14.1. The van der Waals surface area contributed by atoms with Crippen molar-refractivity contribution in [3.05, 3.63) is 97.2 Å². The number of hydrogen-bond acceptors (Lipinski definition) is 8. The highest BCUT2D eigenvalue weighted by Crippen LogP contribution is 2.38. The first-order chi connectivity index (χ1) is 34.0. The zero-order valence-corrected chi connectivity index (χ0v) is 46.3. The Hall–Kier alpha value is -3.07. The largest absolute Gasteiger partial charge is 0.756 e. The van der Waals surface area contributed by atoms with Crippen LogP contribution in [-0.4, -0.2) is 70.0 Å². The summed E-state index contributed by atoms with van der Waals surface area (Å²) in [7, 11) is 1.12. The van der Waals surface area contributed by atoms with Gasteiger partial charge >= 0.3 is 11.9 Å². The van der Waals surface area contributed by atoms with Gasteiger partial charge in [0.2, 0.25) is 0 Å². The molecule has 0 saturated heterocycles. The van der Waals surface area contributed by atoms with Crippen LogP contribution in [-0.2, 0) is 32.7 Å². The number of carbonyl (C=O) groups is 2. The molecule has 9 nitrogen and oxygen atoms in total. The summed E-state index contributed by atoms with van der Waals surface area (Å²) in [5.41, 5.74) is 0. The molecule has 2 atom stereocenters. The molecule has 402 valence electrons. The average molecular weight is 998 g/mol. The molecular weight excluding hydrogens is 894 g/mol. The molecule has 10 heteroatoms. The molecule has 0 fully saturated rings. The fourth-order valence-corrected chi connectivity index (χ4v) is 8.10. The van der Waals surface area contributed by atoms with Crippen LogP contribution in [0, 0.1) is 0 Å². The van der Waals surface area contributed by atoms with Gasteiger partial charge in [0.1, 0.15) is 19.8 Å². The van der Waals surface area contributed by atoms with Gasteiger partial charge in [-0.15, -0.1) is 0 Å². The molecule has 70 heavy (non-hydrogen) atoms. The van der Waals surface area contributed by atoms with Gasteiger partial charge in [-0.05, 0) is 77.0 Å². The van der Waals surface area contributed by atoms with Crippen LogP contribution >= 0.6 is 7.82 Å². The number of esters is 2. The summed E-state index contributed by atoms with van der Waals surface area (Å²) in [5.74, 6) is -0.929. The zero-order valence-electron chi connectivity index (χ0n) is 45.4. The van der Waals surface area contributed by atoms with E-state index < -0.39 is 32.5 Å². The molecule has 0 aromatic rings. The molecule has 0 aliphatic rings. The monoisotopic (exact) mass is 998 g/mol. The molecular formula is C60H104NO8P. The van der Waals surface area contributed by atoms with E-state index in [0.29, 0.717) is 23.9 Å². The predicted octanol–water partition coefficient (Wildman–Crippen LogP) is 16.6. The molecule has 0 heterocycles. The number of ether oxygens (including phenoxy) is 2. The fourth-order valence-electron chi connectivity index (χ4n) is 7.37.